The zero-order chi connectivity index (χ0) is 15.4. The van der Waals surface area contributed by atoms with Crippen molar-refractivity contribution in [1.82, 2.24) is 10.3 Å². The van der Waals surface area contributed by atoms with E-state index < -0.39 is 0 Å². The molecule has 3 rings (SSSR count). The minimum absolute atomic E-state index is 0. The zero-order valence-corrected chi connectivity index (χ0v) is 14.5. The molecule has 0 spiro atoms. The second kappa shape index (κ2) is 8.29. The lowest BCUT2D eigenvalue weighted by atomic mass is 10.1. The van der Waals surface area contributed by atoms with E-state index in [1.54, 1.807) is 7.11 Å². The molecule has 1 saturated heterocycles. The monoisotopic (exact) mass is 353 g/mol. The van der Waals surface area contributed by atoms with Crippen molar-refractivity contribution in [3.8, 4) is 17.0 Å². The van der Waals surface area contributed by atoms with E-state index in [0.717, 1.165) is 36.4 Å². The van der Waals surface area contributed by atoms with Gasteiger partial charge < -0.3 is 15.4 Å². The van der Waals surface area contributed by atoms with E-state index in [1.165, 1.54) is 11.3 Å². The zero-order valence-electron chi connectivity index (χ0n) is 12.9. The molecule has 1 unspecified atom stereocenters. The van der Waals surface area contributed by atoms with Gasteiger partial charge in [0.25, 0.3) is 0 Å². The lowest BCUT2D eigenvalue weighted by Crippen LogP contribution is -2.27. The molecule has 0 aliphatic carbocycles. The highest BCUT2D eigenvalue weighted by Crippen LogP contribution is 2.31. The first kappa shape index (κ1) is 17.7. The van der Waals surface area contributed by atoms with Gasteiger partial charge in [-0.1, -0.05) is 12.1 Å². The standard InChI is InChI=1S/C16H19N3O2S.ClH/c1-21-14-7-3-2-6-12(14)13-10-22-16(18-13)19-15(20)9-11-5-4-8-17-11;/h2-3,6-7,10-11,17H,4-5,8-9H2,1H3,(H,18,19,20);1H. The maximum atomic E-state index is 12.0. The number of methoxy groups -OCH3 is 1. The largest absolute Gasteiger partial charge is 0.496 e. The van der Waals surface area contributed by atoms with Crippen LogP contribution in [0.1, 0.15) is 19.3 Å². The highest BCUT2D eigenvalue weighted by atomic mass is 35.5. The van der Waals surface area contributed by atoms with Crippen LogP contribution in [0.5, 0.6) is 5.75 Å². The predicted molar refractivity (Wildman–Crippen MR) is 95.6 cm³/mol. The van der Waals surface area contributed by atoms with Crippen LogP contribution in [0.2, 0.25) is 0 Å². The molecule has 7 heteroatoms. The first-order valence-corrected chi connectivity index (χ1v) is 8.26. The number of rotatable bonds is 5. The van der Waals surface area contributed by atoms with Crippen molar-refractivity contribution in [3.63, 3.8) is 0 Å². The maximum Gasteiger partial charge on any atom is 0.227 e. The van der Waals surface area contributed by atoms with Gasteiger partial charge in [-0.25, -0.2) is 4.98 Å². The molecule has 1 aliphatic heterocycles. The molecular weight excluding hydrogens is 334 g/mol. The van der Waals surface area contributed by atoms with E-state index in [2.05, 4.69) is 15.6 Å². The van der Waals surface area contributed by atoms with Crippen LogP contribution >= 0.6 is 23.7 Å². The fourth-order valence-corrected chi connectivity index (χ4v) is 3.36. The molecule has 0 saturated carbocycles. The lowest BCUT2D eigenvalue weighted by Gasteiger charge is -2.08. The van der Waals surface area contributed by atoms with Gasteiger partial charge in [0, 0.05) is 23.4 Å². The number of anilines is 1. The highest BCUT2D eigenvalue weighted by molar-refractivity contribution is 7.14. The van der Waals surface area contributed by atoms with Gasteiger partial charge in [0.15, 0.2) is 5.13 Å². The molecule has 23 heavy (non-hydrogen) atoms. The molecule has 0 bridgehead atoms. The topological polar surface area (TPSA) is 63.2 Å². The van der Waals surface area contributed by atoms with E-state index >= 15 is 0 Å². The van der Waals surface area contributed by atoms with Crippen LogP contribution in [0, 0.1) is 0 Å². The van der Waals surface area contributed by atoms with E-state index in [0.29, 0.717) is 17.6 Å². The number of benzene rings is 1. The summed E-state index contributed by atoms with van der Waals surface area (Å²) in [5.41, 5.74) is 1.75. The highest BCUT2D eigenvalue weighted by Gasteiger charge is 2.18. The molecule has 1 fully saturated rings. The number of nitrogens with one attached hydrogen (secondary N) is 2. The molecular formula is C16H20ClN3O2S. The third-order valence-corrected chi connectivity index (χ3v) is 4.49. The van der Waals surface area contributed by atoms with E-state index in [9.17, 15) is 4.79 Å². The van der Waals surface area contributed by atoms with E-state index in [4.69, 9.17) is 4.74 Å². The number of carbonyl (C=O) groups is 1. The average molecular weight is 354 g/mol. The Morgan fingerprint density at radius 2 is 2.30 bits per heavy atom. The van der Waals surface area contributed by atoms with Crippen molar-refractivity contribution in [2.24, 2.45) is 0 Å². The Hall–Kier alpha value is -1.63. The first-order valence-electron chi connectivity index (χ1n) is 7.38. The van der Waals surface area contributed by atoms with Gasteiger partial charge >= 0.3 is 0 Å². The first-order chi connectivity index (χ1) is 10.8. The summed E-state index contributed by atoms with van der Waals surface area (Å²) in [4.78, 5) is 16.5. The van der Waals surface area contributed by atoms with Crippen LogP contribution in [0.25, 0.3) is 11.3 Å². The summed E-state index contributed by atoms with van der Waals surface area (Å²) < 4.78 is 5.35. The molecule has 2 heterocycles. The molecule has 1 aromatic carbocycles. The minimum atomic E-state index is 0. The van der Waals surface area contributed by atoms with Crippen molar-refractivity contribution in [2.45, 2.75) is 25.3 Å². The van der Waals surface area contributed by atoms with Gasteiger partial charge in [-0.2, -0.15) is 0 Å². The van der Waals surface area contributed by atoms with Gasteiger partial charge in [0.2, 0.25) is 5.91 Å². The summed E-state index contributed by atoms with van der Waals surface area (Å²) in [6.45, 7) is 1.01. The number of ether oxygens (including phenoxy) is 1. The molecule has 1 amide bonds. The number of amides is 1. The SMILES string of the molecule is COc1ccccc1-c1csc(NC(=O)CC2CCCN2)n1.Cl. The number of halogens is 1. The molecule has 2 N–H and O–H groups in total. The quantitative estimate of drug-likeness (QED) is 0.865. The fraction of sp³-hybridized carbons (Fsp3) is 0.375. The van der Waals surface area contributed by atoms with Gasteiger partial charge in [-0.3, -0.25) is 4.79 Å². The Morgan fingerprint density at radius 1 is 1.48 bits per heavy atom. The number of carbonyl (C=O) groups excluding carboxylic acids is 1. The van der Waals surface area contributed by atoms with Crippen molar-refractivity contribution in [3.05, 3.63) is 29.6 Å². The summed E-state index contributed by atoms with van der Waals surface area (Å²) in [7, 11) is 1.64. The van der Waals surface area contributed by atoms with Gasteiger partial charge in [-0.15, -0.1) is 23.7 Å². The Labute approximate surface area is 145 Å². The van der Waals surface area contributed by atoms with Crippen LogP contribution in [0.4, 0.5) is 5.13 Å². The third-order valence-electron chi connectivity index (χ3n) is 3.73. The Morgan fingerprint density at radius 3 is 3.04 bits per heavy atom. The van der Waals surface area contributed by atoms with Crippen LogP contribution in [0.3, 0.4) is 0 Å². The van der Waals surface area contributed by atoms with Crippen LogP contribution < -0.4 is 15.4 Å². The van der Waals surface area contributed by atoms with E-state index in [-0.39, 0.29) is 18.3 Å². The van der Waals surface area contributed by atoms with Crippen molar-refractivity contribution in [1.29, 1.82) is 0 Å². The molecule has 124 valence electrons. The number of hydrogen-bond acceptors (Lipinski definition) is 5. The summed E-state index contributed by atoms with van der Waals surface area (Å²) in [6.07, 6.45) is 2.72. The molecule has 1 aliphatic rings. The van der Waals surface area contributed by atoms with Crippen molar-refractivity contribution in [2.75, 3.05) is 19.0 Å². The van der Waals surface area contributed by atoms with Crippen molar-refractivity contribution < 1.29 is 9.53 Å². The molecule has 0 radical (unpaired) electrons. The predicted octanol–water partition coefficient (Wildman–Crippen LogP) is 3.32. The number of nitrogens with zero attached hydrogens (tertiary/aromatic N) is 1. The van der Waals surface area contributed by atoms with Crippen LogP contribution in [-0.4, -0.2) is 30.6 Å². The minimum Gasteiger partial charge on any atom is -0.496 e. The van der Waals surface area contributed by atoms with Crippen LogP contribution in [-0.2, 0) is 4.79 Å². The maximum absolute atomic E-state index is 12.0. The second-order valence-electron chi connectivity index (χ2n) is 5.28. The summed E-state index contributed by atoms with van der Waals surface area (Å²) >= 11 is 1.43. The number of thiazole rings is 1. The summed E-state index contributed by atoms with van der Waals surface area (Å²) in [5, 5.41) is 8.77. The molecule has 2 aromatic rings. The van der Waals surface area contributed by atoms with Gasteiger partial charge in [0.05, 0.1) is 12.8 Å². The van der Waals surface area contributed by atoms with Crippen molar-refractivity contribution >= 4 is 34.8 Å². The number of aromatic nitrogens is 1. The van der Waals surface area contributed by atoms with Gasteiger partial charge in [-0.05, 0) is 31.5 Å². The molecule has 5 nitrogen and oxygen atoms in total. The smallest absolute Gasteiger partial charge is 0.227 e. The Kier molecular flexibility index (Phi) is 6.38. The fourth-order valence-electron chi connectivity index (χ4n) is 2.64. The van der Waals surface area contributed by atoms with Gasteiger partial charge in [0.1, 0.15) is 5.75 Å². The number of hydrogen-bond donors (Lipinski definition) is 2. The second-order valence-corrected chi connectivity index (χ2v) is 6.14. The summed E-state index contributed by atoms with van der Waals surface area (Å²) in [5.74, 6) is 0.793. The normalized spacial score (nSPS) is 16.7. The lowest BCUT2D eigenvalue weighted by molar-refractivity contribution is -0.116. The third kappa shape index (κ3) is 4.43. The molecule has 1 atom stereocenters. The molecule has 1 aromatic heterocycles. The van der Waals surface area contributed by atoms with Crippen LogP contribution in [0.15, 0.2) is 29.6 Å². The summed E-state index contributed by atoms with van der Waals surface area (Å²) in [6, 6.07) is 8.03. The Bertz CT molecular complexity index is 656. The van der Waals surface area contributed by atoms with E-state index in [1.807, 2.05) is 29.6 Å². The average Bonchev–Trinajstić information content (AvgIpc) is 3.19. The number of para-hydroxylation sites is 1. The Balaban J connectivity index is 0.00000192.